The third-order valence-corrected chi connectivity index (χ3v) is 2.70. The van der Waals surface area contributed by atoms with Crippen LogP contribution in [-0.2, 0) is 12.5 Å². The second-order valence-corrected chi connectivity index (χ2v) is 4.26. The van der Waals surface area contributed by atoms with E-state index >= 15 is 0 Å². The summed E-state index contributed by atoms with van der Waals surface area (Å²) in [6, 6.07) is 0. The van der Waals surface area contributed by atoms with E-state index in [1.54, 1.807) is 0 Å². The summed E-state index contributed by atoms with van der Waals surface area (Å²) in [6.45, 7) is 9.10. The van der Waals surface area contributed by atoms with Gasteiger partial charge in [0.15, 0.2) is 0 Å². The summed E-state index contributed by atoms with van der Waals surface area (Å²) in [5.74, 6) is 0. The van der Waals surface area contributed by atoms with E-state index in [0.717, 1.165) is 5.69 Å². The summed E-state index contributed by atoms with van der Waals surface area (Å²) in [5, 5.41) is 4.39. The molecular weight excluding hydrogens is 162 g/mol. The van der Waals surface area contributed by atoms with Crippen LogP contribution in [0.1, 0.15) is 30.8 Å². The molecule has 2 N–H and O–H groups in total. The monoisotopic (exact) mass is 181 g/mol. The van der Waals surface area contributed by atoms with Crippen LogP contribution in [0.5, 0.6) is 0 Å². The molecule has 0 radical (unpaired) electrons. The largest absolute Gasteiger partial charge is 0.330 e. The van der Waals surface area contributed by atoms with Crippen LogP contribution in [0.15, 0.2) is 0 Å². The Morgan fingerprint density at radius 3 is 2.23 bits per heavy atom. The summed E-state index contributed by atoms with van der Waals surface area (Å²) in [6.07, 6.45) is 0. The molecular formula is C10H19N3. The van der Waals surface area contributed by atoms with Crippen molar-refractivity contribution in [2.24, 2.45) is 12.8 Å². The van der Waals surface area contributed by atoms with Crippen molar-refractivity contribution in [3.63, 3.8) is 0 Å². The number of aryl methyl sites for hydroxylation is 2. The first-order valence-electron chi connectivity index (χ1n) is 4.61. The lowest BCUT2D eigenvalue weighted by Crippen LogP contribution is -2.29. The lowest BCUT2D eigenvalue weighted by atomic mass is 9.83. The summed E-state index contributed by atoms with van der Waals surface area (Å²) in [4.78, 5) is 0. The molecule has 0 aliphatic heterocycles. The van der Waals surface area contributed by atoms with E-state index in [0.29, 0.717) is 6.54 Å². The molecule has 0 unspecified atom stereocenters. The molecule has 0 aliphatic rings. The second-order valence-electron chi connectivity index (χ2n) is 4.26. The van der Waals surface area contributed by atoms with Crippen molar-refractivity contribution in [2.75, 3.05) is 6.54 Å². The molecule has 0 saturated heterocycles. The van der Waals surface area contributed by atoms with E-state index in [1.807, 2.05) is 18.7 Å². The Bertz CT molecular complexity index is 310. The maximum Gasteiger partial charge on any atom is 0.0634 e. The van der Waals surface area contributed by atoms with Crippen molar-refractivity contribution < 1.29 is 0 Å². The molecule has 74 valence electrons. The lowest BCUT2D eigenvalue weighted by molar-refractivity contribution is 0.531. The Hall–Kier alpha value is -0.830. The molecule has 0 aromatic carbocycles. The average Bonchev–Trinajstić information content (AvgIpc) is 2.27. The Kier molecular flexibility index (Phi) is 2.48. The van der Waals surface area contributed by atoms with Crippen molar-refractivity contribution >= 4 is 0 Å². The molecule has 1 aromatic heterocycles. The standard InChI is InChI=1S/C10H19N3/c1-7-9(10(3,4)6-11)8(2)13(5)12-7/h6,11H2,1-5H3. The maximum absolute atomic E-state index is 5.75. The van der Waals surface area contributed by atoms with E-state index < -0.39 is 0 Å². The van der Waals surface area contributed by atoms with E-state index in [-0.39, 0.29) is 5.41 Å². The topological polar surface area (TPSA) is 43.8 Å². The van der Waals surface area contributed by atoms with Gasteiger partial charge in [-0.05, 0) is 13.8 Å². The molecule has 3 heteroatoms. The van der Waals surface area contributed by atoms with Crippen molar-refractivity contribution in [3.8, 4) is 0 Å². The predicted octanol–water partition coefficient (Wildman–Crippen LogP) is 1.27. The van der Waals surface area contributed by atoms with E-state index in [2.05, 4.69) is 25.9 Å². The van der Waals surface area contributed by atoms with Gasteiger partial charge in [0.2, 0.25) is 0 Å². The smallest absolute Gasteiger partial charge is 0.0634 e. The summed E-state index contributed by atoms with van der Waals surface area (Å²) in [5.41, 5.74) is 9.38. The minimum absolute atomic E-state index is 0.0302. The summed E-state index contributed by atoms with van der Waals surface area (Å²) >= 11 is 0. The SMILES string of the molecule is Cc1nn(C)c(C)c1C(C)(C)CN. The van der Waals surface area contributed by atoms with E-state index in [1.165, 1.54) is 11.3 Å². The molecule has 1 heterocycles. The molecule has 0 amide bonds. The fraction of sp³-hybridized carbons (Fsp3) is 0.700. The first kappa shape index (κ1) is 10.3. The molecule has 3 nitrogen and oxygen atoms in total. The number of nitrogens with zero attached hydrogens (tertiary/aromatic N) is 2. The number of hydrogen-bond acceptors (Lipinski definition) is 2. The predicted molar refractivity (Wildman–Crippen MR) is 54.8 cm³/mol. The van der Waals surface area contributed by atoms with Gasteiger partial charge < -0.3 is 5.73 Å². The highest BCUT2D eigenvalue weighted by Gasteiger charge is 2.25. The second kappa shape index (κ2) is 3.14. The highest BCUT2D eigenvalue weighted by Crippen LogP contribution is 2.27. The number of hydrogen-bond donors (Lipinski definition) is 1. The normalized spacial score (nSPS) is 12.2. The van der Waals surface area contributed by atoms with E-state index in [9.17, 15) is 0 Å². The van der Waals surface area contributed by atoms with Gasteiger partial charge in [-0.25, -0.2) is 0 Å². The zero-order chi connectivity index (χ0) is 10.2. The van der Waals surface area contributed by atoms with Gasteiger partial charge in [-0.3, -0.25) is 4.68 Å². The summed E-state index contributed by atoms with van der Waals surface area (Å²) in [7, 11) is 1.97. The van der Waals surface area contributed by atoms with Gasteiger partial charge in [0.05, 0.1) is 5.69 Å². The molecule has 0 atom stereocenters. The Labute approximate surface area is 79.9 Å². The molecule has 0 spiro atoms. The van der Waals surface area contributed by atoms with Crippen LogP contribution < -0.4 is 5.73 Å². The molecule has 0 saturated carbocycles. The first-order valence-corrected chi connectivity index (χ1v) is 4.61. The lowest BCUT2D eigenvalue weighted by Gasteiger charge is -2.23. The molecule has 13 heavy (non-hydrogen) atoms. The van der Waals surface area contributed by atoms with Crippen LogP contribution in [0.25, 0.3) is 0 Å². The molecule has 0 bridgehead atoms. The zero-order valence-corrected chi connectivity index (χ0v) is 9.18. The Morgan fingerprint density at radius 1 is 1.38 bits per heavy atom. The number of aromatic nitrogens is 2. The molecule has 1 aromatic rings. The maximum atomic E-state index is 5.75. The van der Waals surface area contributed by atoms with Crippen LogP contribution in [0.4, 0.5) is 0 Å². The van der Waals surface area contributed by atoms with Crippen LogP contribution >= 0.6 is 0 Å². The van der Waals surface area contributed by atoms with Gasteiger partial charge in [-0.1, -0.05) is 13.8 Å². The van der Waals surface area contributed by atoms with Crippen molar-refractivity contribution in [3.05, 3.63) is 17.0 Å². The third-order valence-electron chi connectivity index (χ3n) is 2.70. The quantitative estimate of drug-likeness (QED) is 0.746. The van der Waals surface area contributed by atoms with Gasteiger partial charge in [0.1, 0.15) is 0 Å². The Morgan fingerprint density at radius 2 is 1.92 bits per heavy atom. The van der Waals surface area contributed by atoms with Crippen molar-refractivity contribution in [1.82, 2.24) is 9.78 Å². The zero-order valence-electron chi connectivity index (χ0n) is 9.18. The fourth-order valence-corrected chi connectivity index (χ4v) is 1.86. The third kappa shape index (κ3) is 1.61. The minimum Gasteiger partial charge on any atom is -0.330 e. The van der Waals surface area contributed by atoms with Crippen LogP contribution in [-0.4, -0.2) is 16.3 Å². The van der Waals surface area contributed by atoms with Gasteiger partial charge in [0.25, 0.3) is 0 Å². The van der Waals surface area contributed by atoms with Crippen LogP contribution in [0, 0.1) is 13.8 Å². The highest BCUT2D eigenvalue weighted by atomic mass is 15.3. The molecule has 0 aliphatic carbocycles. The number of rotatable bonds is 2. The van der Waals surface area contributed by atoms with E-state index in [4.69, 9.17) is 5.73 Å². The summed E-state index contributed by atoms with van der Waals surface area (Å²) < 4.78 is 1.92. The minimum atomic E-state index is 0.0302. The van der Waals surface area contributed by atoms with Crippen molar-refractivity contribution in [1.29, 1.82) is 0 Å². The van der Waals surface area contributed by atoms with Gasteiger partial charge in [0, 0.05) is 30.3 Å². The Balaban J connectivity index is 3.28. The highest BCUT2D eigenvalue weighted by molar-refractivity contribution is 5.32. The van der Waals surface area contributed by atoms with Gasteiger partial charge in [-0.15, -0.1) is 0 Å². The number of nitrogens with two attached hydrogens (primary N) is 1. The van der Waals surface area contributed by atoms with Gasteiger partial charge in [-0.2, -0.15) is 5.10 Å². The first-order chi connectivity index (χ1) is 5.90. The van der Waals surface area contributed by atoms with Crippen molar-refractivity contribution in [2.45, 2.75) is 33.1 Å². The van der Waals surface area contributed by atoms with Crippen LogP contribution in [0.2, 0.25) is 0 Å². The fourth-order valence-electron chi connectivity index (χ4n) is 1.86. The molecule has 1 rings (SSSR count). The average molecular weight is 181 g/mol. The molecule has 0 fully saturated rings. The van der Waals surface area contributed by atoms with Crippen LogP contribution in [0.3, 0.4) is 0 Å². The van der Waals surface area contributed by atoms with Gasteiger partial charge >= 0.3 is 0 Å².